The van der Waals surface area contributed by atoms with Crippen LogP contribution in [0.25, 0.3) is 5.57 Å². The normalized spacial score (nSPS) is 19.8. The number of alkyl halides is 3. The Hall–Kier alpha value is -1.99. The van der Waals surface area contributed by atoms with E-state index in [2.05, 4.69) is 5.10 Å². The molecule has 138 valence electrons. The highest BCUT2D eigenvalue weighted by molar-refractivity contribution is 5.73. The van der Waals surface area contributed by atoms with Crippen molar-refractivity contribution in [2.45, 2.75) is 45.4 Å². The van der Waals surface area contributed by atoms with Gasteiger partial charge in [0.1, 0.15) is 11.3 Å². The van der Waals surface area contributed by atoms with E-state index in [1.165, 1.54) is 13.2 Å². The highest BCUT2D eigenvalue weighted by Gasteiger charge is 2.49. The molecule has 1 spiro atoms. The maximum atomic E-state index is 13.3. The molecule has 1 aromatic rings. The molecule has 1 aliphatic carbocycles. The lowest BCUT2D eigenvalue weighted by Crippen LogP contribution is -2.58. The minimum Gasteiger partial charge on any atom is -0.444 e. The number of hydrogen-bond donors (Lipinski definition) is 0. The number of amides is 1. The second-order valence-electron chi connectivity index (χ2n) is 7.97. The maximum absolute atomic E-state index is 13.3. The van der Waals surface area contributed by atoms with E-state index in [9.17, 15) is 18.0 Å². The van der Waals surface area contributed by atoms with E-state index in [0.29, 0.717) is 31.5 Å². The van der Waals surface area contributed by atoms with Gasteiger partial charge in [-0.25, -0.2) is 4.79 Å². The van der Waals surface area contributed by atoms with Gasteiger partial charge in [0.15, 0.2) is 0 Å². The fourth-order valence-electron chi connectivity index (χ4n) is 3.56. The molecule has 2 heterocycles. The van der Waals surface area contributed by atoms with E-state index in [4.69, 9.17) is 4.74 Å². The van der Waals surface area contributed by atoms with Gasteiger partial charge in [-0.05, 0) is 39.2 Å². The molecular formula is C17H22F3N3O2. The summed E-state index contributed by atoms with van der Waals surface area (Å²) in [4.78, 5) is 13.7. The van der Waals surface area contributed by atoms with Crippen molar-refractivity contribution in [2.24, 2.45) is 12.5 Å². The van der Waals surface area contributed by atoms with Gasteiger partial charge in [-0.3, -0.25) is 4.68 Å². The zero-order valence-corrected chi connectivity index (χ0v) is 14.8. The molecule has 2 aliphatic rings. The molecule has 0 radical (unpaired) electrons. The zero-order valence-electron chi connectivity index (χ0n) is 14.8. The lowest BCUT2D eigenvalue weighted by atomic mass is 9.76. The zero-order chi connectivity index (χ0) is 18.6. The Morgan fingerprint density at radius 3 is 2.48 bits per heavy atom. The van der Waals surface area contributed by atoms with Gasteiger partial charge < -0.3 is 9.64 Å². The van der Waals surface area contributed by atoms with Crippen LogP contribution in [-0.4, -0.2) is 39.5 Å². The fraction of sp³-hybridized carbons (Fsp3) is 0.647. The molecular weight excluding hydrogens is 335 g/mol. The standard InChI is InChI=1S/C17H22F3N3O2/c1-15(2,3)25-14(24)23-9-16(10-23)6-5-11(7-16)12-8-21-22(4)13(12)17(18,19)20/h5,8H,6-7,9-10H2,1-4H3. The number of rotatable bonds is 1. The summed E-state index contributed by atoms with van der Waals surface area (Å²) in [5, 5.41) is 3.77. The van der Waals surface area contributed by atoms with E-state index < -0.39 is 17.5 Å². The van der Waals surface area contributed by atoms with E-state index in [1.54, 1.807) is 25.7 Å². The van der Waals surface area contributed by atoms with Crippen LogP contribution in [0.1, 0.15) is 44.9 Å². The molecule has 3 rings (SSSR count). The Bertz CT molecular complexity index is 722. The first-order valence-electron chi connectivity index (χ1n) is 8.17. The van der Waals surface area contributed by atoms with Crippen molar-refractivity contribution in [3.8, 4) is 0 Å². The van der Waals surface area contributed by atoms with E-state index in [-0.39, 0.29) is 17.1 Å². The summed E-state index contributed by atoms with van der Waals surface area (Å²) < 4.78 is 46.0. The summed E-state index contributed by atoms with van der Waals surface area (Å²) in [7, 11) is 1.30. The lowest BCUT2D eigenvalue weighted by Gasteiger charge is -2.48. The number of hydrogen-bond acceptors (Lipinski definition) is 3. The van der Waals surface area contributed by atoms with Crippen molar-refractivity contribution < 1.29 is 22.7 Å². The van der Waals surface area contributed by atoms with E-state index in [1.807, 2.05) is 6.08 Å². The van der Waals surface area contributed by atoms with Crippen LogP contribution in [0.5, 0.6) is 0 Å². The number of carbonyl (C=O) groups excluding carboxylic acids is 1. The van der Waals surface area contributed by atoms with Gasteiger partial charge in [-0.15, -0.1) is 0 Å². The molecule has 1 amide bonds. The Morgan fingerprint density at radius 2 is 1.92 bits per heavy atom. The summed E-state index contributed by atoms with van der Waals surface area (Å²) in [5.41, 5.74) is -0.660. The van der Waals surface area contributed by atoms with E-state index >= 15 is 0 Å². The minimum atomic E-state index is -4.45. The molecule has 5 nitrogen and oxygen atoms in total. The lowest BCUT2D eigenvalue weighted by molar-refractivity contribution is -0.143. The molecule has 0 atom stereocenters. The van der Waals surface area contributed by atoms with Crippen LogP contribution in [0.15, 0.2) is 12.3 Å². The summed E-state index contributed by atoms with van der Waals surface area (Å²) in [5.74, 6) is 0. The summed E-state index contributed by atoms with van der Waals surface area (Å²) in [6.45, 7) is 6.41. The number of ether oxygens (including phenoxy) is 1. The van der Waals surface area contributed by atoms with Crippen molar-refractivity contribution in [2.75, 3.05) is 13.1 Å². The monoisotopic (exact) mass is 357 g/mol. The second kappa shape index (κ2) is 5.51. The molecule has 8 heteroatoms. The molecule has 1 aromatic heterocycles. The molecule has 0 bridgehead atoms. The van der Waals surface area contributed by atoms with Crippen molar-refractivity contribution in [3.63, 3.8) is 0 Å². The Balaban J connectivity index is 1.67. The molecule has 0 N–H and O–H groups in total. The maximum Gasteiger partial charge on any atom is 0.433 e. The number of aromatic nitrogens is 2. The highest BCUT2D eigenvalue weighted by atomic mass is 19.4. The van der Waals surface area contributed by atoms with Crippen LogP contribution in [0.4, 0.5) is 18.0 Å². The Morgan fingerprint density at radius 1 is 1.28 bits per heavy atom. The number of carbonyl (C=O) groups is 1. The third-order valence-electron chi connectivity index (χ3n) is 4.60. The van der Waals surface area contributed by atoms with Crippen LogP contribution < -0.4 is 0 Å². The molecule has 0 unspecified atom stereocenters. The molecule has 1 aliphatic heterocycles. The third kappa shape index (κ3) is 3.39. The first-order valence-corrected chi connectivity index (χ1v) is 8.17. The SMILES string of the molecule is Cn1ncc(C2=CCC3(C2)CN(C(=O)OC(C)(C)C)C3)c1C(F)(F)F. The number of aryl methyl sites for hydroxylation is 1. The van der Waals surface area contributed by atoms with Crippen molar-refractivity contribution in [3.05, 3.63) is 23.5 Å². The van der Waals surface area contributed by atoms with Crippen LogP contribution in [0.2, 0.25) is 0 Å². The predicted octanol–water partition coefficient (Wildman–Crippen LogP) is 3.85. The third-order valence-corrected chi connectivity index (χ3v) is 4.60. The number of likely N-dealkylation sites (tertiary alicyclic amines) is 1. The van der Waals surface area contributed by atoms with Gasteiger partial charge in [0.05, 0.1) is 6.20 Å². The average Bonchev–Trinajstić information content (AvgIpc) is 2.97. The van der Waals surface area contributed by atoms with Gasteiger partial charge in [-0.1, -0.05) is 6.08 Å². The number of halogens is 3. The summed E-state index contributed by atoms with van der Waals surface area (Å²) in [6, 6.07) is 0. The first-order chi connectivity index (χ1) is 11.4. The summed E-state index contributed by atoms with van der Waals surface area (Å²) in [6.07, 6.45) is -0.519. The molecule has 25 heavy (non-hydrogen) atoms. The van der Waals surface area contributed by atoms with Crippen LogP contribution in [0, 0.1) is 5.41 Å². The molecule has 0 aromatic carbocycles. The van der Waals surface area contributed by atoms with Crippen molar-refractivity contribution >= 4 is 11.7 Å². The molecule has 1 fully saturated rings. The first kappa shape index (κ1) is 17.8. The van der Waals surface area contributed by atoms with Gasteiger partial charge in [0.2, 0.25) is 0 Å². The topological polar surface area (TPSA) is 47.4 Å². The average molecular weight is 357 g/mol. The van der Waals surface area contributed by atoms with Crippen LogP contribution in [-0.2, 0) is 18.0 Å². The van der Waals surface area contributed by atoms with Gasteiger partial charge in [0.25, 0.3) is 0 Å². The molecule has 0 saturated carbocycles. The second-order valence-corrected chi connectivity index (χ2v) is 7.97. The van der Waals surface area contributed by atoms with Crippen molar-refractivity contribution in [1.29, 1.82) is 0 Å². The highest BCUT2D eigenvalue weighted by Crippen LogP contribution is 2.49. The molecule has 1 saturated heterocycles. The number of nitrogens with zero attached hydrogens (tertiary/aromatic N) is 3. The summed E-state index contributed by atoms with van der Waals surface area (Å²) >= 11 is 0. The smallest absolute Gasteiger partial charge is 0.433 e. The Labute approximate surface area is 144 Å². The van der Waals surface area contributed by atoms with Crippen LogP contribution in [0.3, 0.4) is 0 Å². The van der Waals surface area contributed by atoms with Crippen molar-refractivity contribution in [1.82, 2.24) is 14.7 Å². The largest absolute Gasteiger partial charge is 0.444 e. The fourth-order valence-corrected chi connectivity index (χ4v) is 3.56. The van der Waals surface area contributed by atoms with Gasteiger partial charge in [0, 0.05) is 31.1 Å². The van der Waals surface area contributed by atoms with Gasteiger partial charge >= 0.3 is 12.3 Å². The minimum absolute atomic E-state index is 0.141. The van der Waals surface area contributed by atoms with E-state index in [0.717, 1.165) is 4.68 Å². The Kier molecular flexibility index (Phi) is 3.92. The predicted molar refractivity (Wildman–Crippen MR) is 85.7 cm³/mol. The van der Waals surface area contributed by atoms with Crippen LogP contribution >= 0.6 is 0 Å². The quantitative estimate of drug-likeness (QED) is 0.767. The van der Waals surface area contributed by atoms with Gasteiger partial charge in [-0.2, -0.15) is 18.3 Å². The number of allylic oxidation sites excluding steroid dienone is 2.